The van der Waals surface area contributed by atoms with Gasteiger partial charge in [0.1, 0.15) is 30.7 Å². The van der Waals surface area contributed by atoms with Crippen molar-refractivity contribution in [1.82, 2.24) is 0 Å². The van der Waals surface area contributed by atoms with Gasteiger partial charge in [-0.05, 0) is 11.5 Å². The maximum atomic E-state index is 12.6. The number of fused-ring (bicyclic) bond motifs is 2. The molecule has 25 heavy (non-hydrogen) atoms. The predicted octanol–water partition coefficient (Wildman–Crippen LogP) is 1.05. The smallest absolute Gasteiger partial charge is 0.316 e. The van der Waals surface area contributed by atoms with Crippen LogP contribution in [0.1, 0.15) is 30.7 Å². The molecule has 0 aliphatic carbocycles. The number of terminal acetylenes is 1. The van der Waals surface area contributed by atoms with Gasteiger partial charge in [0.15, 0.2) is 0 Å². The minimum Gasteiger partial charge on any atom is -0.461 e. The molecule has 2 saturated heterocycles. The molecular formula is C20H26NO4+. The van der Waals surface area contributed by atoms with Gasteiger partial charge in [-0.15, -0.1) is 6.42 Å². The van der Waals surface area contributed by atoms with Crippen LogP contribution in [0.5, 0.6) is 0 Å². The summed E-state index contributed by atoms with van der Waals surface area (Å²) in [5.41, 5.74) is 0.752. The van der Waals surface area contributed by atoms with Crippen LogP contribution in [0, 0.1) is 12.3 Å². The van der Waals surface area contributed by atoms with Gasteiger partial charge in [-0.2, -0.15) is 0 Å². The molecule has 1 aromatic carbocycles. The summed E-state index contributed by atoms with van der Waals surface area (Å²) in [4.78, 5) is 12.6. The molecule has 1 aromatic rings. The number of aliphatic hydroxyl groups is 2. The SMILES string of the molecule is C#CC[N@+]1(C)[C@H]2C[C@H](OC(=O)[C@H](CO)c3ccccc3)C[C@H]1[C@@H](O)C2. The number of carbonyl (C=O) groups excluding carboxylic acids is 1. The van der Waals surface area contributed by atoms with E-state index >= 15 is 0 Å². The number of quaternary nitrogens is 1. The molecule has 0 aromatic heterocycles. The van der Waals surface area contributed by atoms with E-state index in [-0.39, 0.29) is 24.8 Å². The number of esters is 1. The molecule has 2 bridgehead atoms. The summed E-state index contributed by atoms with van der Waals surface area (Å²) >= 11 is 0. The molecule has 2 heterocycles. The van der Waals surface area contributed by atoms with E-state index in [2.05, 4.69) is 13.0 Å². The van der Waals surface area contributed by atoms with E-state index in [1.54, 1.807) is 0 Å². The van der Waals surface area contributed by atoms with Crippen molar-refractivity contribution in [1.29, 1.82) is 0 Å². The number of hydrogen-bond donors (Lipinski definition) is 2. The van der Waals surface area contributed by atoms with Crippen molar-refractivity contribution in [3.8, 4) is 12.3 Å². The monoisotopic (exact) mass is 344 g/mol. The summed E-state index contributed by atoms with van der Waals surface area (Å²) in [5, 5.41) is 20.0. The second kappa shape index (κ2) is 7.17. The molecule has 3 rings (SSSR count). The Bertz CT molecular complexity index is 655. The molecule has 5 nitrogen and oxygen atoms in total. The molecule has 134 valence electrons. The Hall–Kier alpha value is -1.87. The lowest BCUT2D eigenvalue weighted by Gasteiger charge is -2.45. The highest BCUT2D eigenvalue weighted by molar-refractivity contribution is 5.78. The quantitative estimate of drug-likeness (QED) is 0.476. The first-order chi connectivity index (χ1) is 12.0. The molecule has 0 amide bonds. The zero-order chi connectivity index (χ0) is 18.0. The number of likely N-dealkylation sites (N-methyl/N-ethyl adjacent to an activating group) is 1. The number of hydrogen-bond acceptors (Lipinski definition) is 4. The van der Waals surface area contributed by atoms with Gasteiger partial charge in [-0.3, -0.25) is 4.79 Å². The van der Waals surface area contributed by atoms with Gasteiger partial charge < -0.3 is 19.4 Å². The summed E-state index contributed by atoms with van der Waals surface area (Å²) in [6.07, 6.45) is 6.87. The van der Waals surface area contributed by atoms with Crippen molar-refractivity contribution in [2.45, 2.75) is 49.5 Å². The fourth-order valence-corrected chi connectivity index (χ4v) is 4.53. The maximum Gasteiger partial charge on any atom is 0.316 e. The van der Waals surface area contributed by atoms with E-state index in [0.717, 1.165) is 5.56 Å². The van der Waals surface area contributed by atoms with Crippen molar-refractivity contribution >= 4 is 5.97 Å². The molecule has 5 heteroatoms. The molecule has 2 N–H and O–H groups in total. The predicted molar refractivity (Wildman–Crippen MR) is 93.5 cm³/mol. The van der Waals surface area contributed by atoms with Crippen LogP contribution in [0.3, 0.4) is 0 Å². The first kappa shape index (κ1) is 17.9. The maximum absolute atomic E-state index is 12.6. The molecule has 0 saturated carbocycles. The number of rotatable bonds is 5. The highest BCUT2D eigenvalue weighted by Crippen LogP contribution is 2.42. The Labute approximate surface area is 148 Å². The van der Waals surface area contributed by atoms with E-state index < -0.39 is 18.0 Å². The van der Waals surface area contributed by atoms with Gasteiger partial charge >= 0.3 is 5.97 Å². The molecule has 2 aliphatic rings. The Morgan fingerprint density at radius 2 is 2.08 bits per heavy atom. The number of aliphatic hydroxyl groups excluding tert-OH is 2. The summed E-state index contributed by atoms with van der Waals surface area (Å²) in [6.45, 7) is 0.298. The van der Waals surface area contributed by atoms with Crippen LogP contribution in [0.4, 0.5) is 0 Å². The van der Waals surface area contributed by atoms with E-state index in [4.69, 9.17) is 11.2 Å². The molecule has 2 aliphatic heterocycles. The zero-order valence-corrected chi connectivity index (χ0v) is 14.5. The van der Waals surface area contributed by atoms with Crippen molar-refractivity contribution in [3.05, 3.63) is 35.9 Å². The van der Waals surface area contributed by atoms with Crippen LogP contribution in [-0.4, -0.2) is 65.2 Å². The van der Waals surface area contributed by atoms with Crippen LogP contribution in [0.15, 0.2) is 30.3 Å². The fourth-order valence-electron chi connectivity index (χ4n) is 4.53. The summed E-state index contributed by atoms with van der Waals surface area (Å²) in [7, 11) is 2.09. The number of benzene rings is 1. The third-order valence-corrected chi connectivity index (χ3v) is 5.97. The first-order valence-electron chi connectivity index (χ1n) is 8.82. The Morgan fingerprint density at radius 1 is 1.36 bits per heavy atom. The van der Waals surface area contributed by atoms with Gasteiger partial charge in [0.2, 0.25) is 0 Å². The topological polar surface area (TPSA) is 66.8 Å². The largest absolute Gasteiger partial charge is 0.461 e. The van der Waals surface area contributed by atoms with Crippen LogP contribution in [-0.2, 0) is 9.53 Å². The molecular weight excluding hydrogens is 318 g/mol. The van der Waals surface area contributed by atoms with Gasteiger partial charge in [0.05, 0.1) is 19.7 Å². The average Bonchev–Trinajstić information content (AvgIpc) is 2.72. The standard InChI is InChI=1S/C20H26NO4/c1-3-9-21(2)15-10-16(12-18(21)19(23)11-15)25-20(24)17(13-22)14-7-5-4-6-8-14/h1,4-8,15-19,22-23H,9-13H2,2H3/q+1/t15-,16-,17+,18-,19-,21+/m0/s1. The minimum atomic E-state index is -0.669. The molecule has 6 atom stereocenters. The highest BCUT2D eigenvalue weighted by atomic mass is 16.5. The second-order valence-electron chi connectivity index (χ2n) is 7.41. The molecule has 0 radical (unpaired) electrons. The summed E-state index contributed by atoms with van der Waals surface area (Å²) in [5.74, 6) is 1.65. The van der Waals surface area contributed by atoms with E-state index in [1.165, 1.54) is 0 Å². The van der Waals surface area contributed by atoms with Crippen molar-refractivity contribution < 1.29 is 24.2 Å². The van der Waals surface area contributed by atoms with Gasteiger partial charge in [0.25, 0.3) is 0 Å². The minimum absolute atomic E-state index is 0.00287. The Morgan fingerprint density at radius 3 is 2.68 bits per heavy atom. The highest BCUT2D eigenvalue weighted by Gasteiger charge is 2.56. The lowest BCUT2D eigenvalue weighted by molar-refractivity contribution is -0.944. The third-order valence-electron chi connectivity index (χ3n) is 5.97. The van der Waals surface area contributed by atoms with Gasteiger partial charge in [-0.1, -0.05) is 30.3 Å². The number of ether oxygens (including phenoxy) is 1. The summed E-state index contributed by atoms with van der Waals surface area (Å²) in [6, 6.07) is 9.38. The van der Waals surface area contributed by atoms with Gasteiger partial charge in [-0.25, -0.2) is 0 Å². The van der Waals surface area contributed by atoms with E-state index in [1.807, 2.05) is 30.3 Å². The fraction of sp³-hybridized carbons (Fsp3) is 0.550. The van der Waals surface area contributed by atoms with Crippen molar-refractivity contribution in [3.63, 3.8) is 0 Å². The average molecular weight is 344 g/mol. The van der Waals surface area contributed by atoms with Crippen molar-refractivity contribution in [2.75, 3.05) is 20.2 Å². The lowest BCUT2D eigenvalue weighted by Crippen LogP contribution is -2.60. The van der Waals surface area contributed by atoms with E-state index in [9.17, 15) is 15.0 Å². The van der Waals surface area contributed by atoms with Gasteiger partial charge in [0, 0.05) is 19.3 Å². The molecule has 0 spiro atoms. The normalized spacial score (nSPS) is 35.0. The number of carbonyl (C=O) groups is 1. The zero-order valence-electron chi connectivity index (χ0n) is 14.5. The number of nitrogens with zero attached hydrogens (tertiary/aromatic N) is 1. The first-order valence-corrected chi connectivity index (χ1v) is 8.82. The lowest BCUT2D eigenvalue weighted by atomic mass is 9.95. The van der Waals surface area contributed by atoms with Crippen LogP contribution in [0.2, 0.25) is 0 Å². The Kier molecular flexibility index (Phi) is 5.14. The van der Waals surface area contributed by atoms with Crippen LogP contribution < -0.4 is 0 Å². The van der Waals surface area contributed by atoms with Crippen LogP contribution in [0.25, 0.3) is 0 Å². The van der Waals surface area contributed by atoms with Crippen molar-refractivity contribution in [2.24, 2.45) is 0 Å². The second-order valence-corrected chi connectivity index (χ2v) is 7.41. The van der Waals surface area contributed by atoms with E-state index in [0.29, 0.717) is 30.3 Å². The molecule has 2 fully saturated rings. The summed E-state index contributed by atoms with van der Waals surface area (Å²) < 4.78 is 6.39. The number of piperidine rings is 1. The van der Waals surface area contributed by atoms with Crippen LogP contribution >= 0.6 is 0 Å². The third kappa shape index (κ3) is 3.30. The Balaban J connectivity index is 1.69. The molecule has 0 unspecified atom stereocenters.